The normalized spacial score (nSPS) is 11.7. The third-order valence-electron chi connectivity index (χ3n) is 1.26. The quantitative estimate of drug-likeness (QED) is 0.138. The Balaban J connectivity index is -0.000000845. The van der Waals surface area contributed by atoms with Crippen molar-refractivity contribution in [2.24, 2.45) is 0 Å². The van der Waals surface area contributed by atoms with Crippen LogP contribution in [-0.2, 0) is 19.6 Å². The molecule has 0 radical (unpaired) electrons. The van der Waals surface area contributed by atoms with Crippen molar-refractivity contribution in [2.75, 3.05) is 12.4 Å². The van der Waals surface area contributed by atoms with E-state index in [4.69, 9.17) is 9.66 Å². The molecule has 2 N–H and O–H groups in total. The zero-order valence-corrected chi connectivity index (χ0v) is 11.5. The molecule has 0 spiro atoms. The van der Waals surface area contributed by atoms with Crippen molar-refractivity contribution < 1.29 is 58.6 Å². The van der Waals surface area contributed by atoms with E-state index in [9.17, 15) is 13.2 Å². The van der Waals surface area contributed by atoms with Gasteiger partial charge in [-0.1, -0.05) is 0 Å². The first-order valence-electron chi connectivity index (χ1n) is 3.84. The van der Waals surface area contributed by atoms with Crippen molar-refractivity contribution in [1.82, 2.24) is 0 Å². The maximum atomic E-state index is 10.7. The molecule has 0 atom stereocenters. The molecule has 0 rings (SSSR count). The molecule has 15 heavy (non-hydrogen) atoms. The van der Waals surface area contributed by atoms with Gasteiger partial charge in [-0.3, -0.25) is 4.55 Å². The molecule has 0 aliphatic carbocycles. The summed E-state index contributed by atoms with van der Waals surface area (Å²) in [6.07, 6.45) is 1.15. The molecule has 0 fully saturated rings. The van der Waals surface area contributed by atoms with Crippen LogP contribution in [0.25, 0.3) is 0 Å². The van der Waals surface area contributed by atoms with E-state index in [0.29, 0.717) is 0 Å². The van der Waals surface area contributed by atoms with E-state index in [-0.39, 0.29) is 44.0 Å². The fraction of sp³-hybridized carbons (Fsp3) is 0.571. The van der Waals surface area contributed by atoms with E-state index in [1.54, 1.807) is 0 Å². The number of aliphatic hydroxyl groups is 1. The summed E-state index contributed by atoms with van der Waals surface area (Å²) in [4.78, 5) is 10.7. The van der Waals surface area contributed by atoms with Crippen LogP contribution >= 0.6 is 0 Å². The predicted molar refractivity (Wildman–Crippen MR) is 49.5 cm³/mol. The summed E-state index contributed by atoms with van der Waals surface area (Å²) in [6, 6.07) is 0. The molecule has 0 aromatic rings. The molecule has 0 amide bonds. The summed E-state index contributed by atoms with van der Waals surface area (Å²) in [5, 5.41) is 8.80. The minimum atomic E-state index is -4.02. The fourth-order valence-corrected chi connectivity index (χ4v) is 1.08. The van der Waals surface area contributed by atoms with Crippen LogP contribution in [0.4, 0.5) is 0 Å². The molecule has 0 aliphatic heterocycles. The van der Waals surface area contributed by atoms with E-state index < -0.39 is 27.6 Å². The molecule has 0 aliphatic rings. The first kappa shape index (κ1) is 17.3. The SMILES string of the molecule is CC=C(O)C(=O)OCCCS(=O)(=O)O.[H-].[Na+]. The van der Waals surface area contributed by atoms with Crippen LogP contribution in [0.5, 0.6) is 0 Å². The smallest absolute Gasteiger partial charge is 1.00 e. The van der Waals surface area contributed by atoms with Gasteiger partial charge in [-0.25, -0.2) is 4.79 Å². The average Bonchev–Trinajstić information content (AvgIpc) is 2.09. The van der Waals surface area contributed by atoms with E-state index in [0.717, 1.165) is 6.08 Å². The van der Waals surface area contributed by atoms with Crippen LogP contribution in [0, 0.1) is 0 Å². The van der Waals surface area contributed by atoms with Crippen LogP contribution in [-0.4, -0.2) is 36.4 Å². The van der Waals surface area contributed by atoms with Gasteiger partial charge in [0.2, 0.25) is 0 Å². The van der Waals surface area contributed by atoms with Gasteiger partial charge in [-0.05, 0) is 19.4 Å². The van der Waals surface area contributed by atoms with Gasteiger partial charge < -0.3 is 11.3 Å². The second-order valence-electron chi connectivity index (χ2n) is 2.45. The number of hydrogen-bond donors (Lipinski definition) is 2. The Kier molecular flexibility index (Phi) is 9.37. The first-order valence-corrected chi connectivity index (χ1v) is 5.45. The summed E-state index contributed by atoms with van der Waals surface area (Å²) in [7, 11) is -4.02. The average molecular weight is 248 g/mol. The Morgan fingerprint density at radius 2 is 2.07 bits per heavy atom. The summed E-state index contributed by atoms with van der Waals surface area (Å²) in [5.41, 5.74) is 0. The molecular formula is C7H13NaO6S. The summed E-state index contributed by atoms with van der Waals surface area (Å²) in [6.45, 7) is 1.28. The van der Waals surface area contributed by atoms with Crippen molar-refractivity contribution in [3.05, 3.63) is 11.8 Å². The molecule has 0 saturated heterocycles. The van der Waals surface area contributed by atoms with E-state index in [1.807, 2.05) is 0 Å². The maximum absolute atomic E-state index is 10.7. The van der Waals surface area contributed by atoms with Gasteiger partial charge in [0.1, 0.15) is 0 Å². The standard InChI is InChI=1S/C7H12O6S.Na.H/c1-2-6(8)7(9)13-4-3-5-14(10,11)12;;/h2,8H,3-5H2,1H3,(H,10,11,12);;/q;+1;-1. The Bertz CT molecular complexity index is 326. The number of aliphatic hydroxyl groups excluding tert-OH is 1. The van der Waals surface area contributed by atoms with Gasteiger partial charge in [-0.15, -0.1) is 0 Å². The summed E-state index contributed by atoms with van der Waals surface area (Å²) in [5.74, 6) is -1.92. The van der Waals surface area contributed by atoms with Crippen LogP contribution in [0.1, 0.15) is 14.8 Å². The Morgan fingerprint density at radius 1 is 1.53 bits per heavy atom. The second kappa shape index (κ2) is 8.12. The van der Waals surface area contributed by atoms with Crippen LogP contribution < -0.4 is 29.6 Å². The van der Waals surface area contributed by atoms with E-state index >= 15 is 0 Å². The van der Waals surface area contributed by atoms with E-state index in [2.05, 4.69) is 4.74 Å². The van der Waals surface area contributed by atoms with Crippen LogP contribution in [0.3, 0.4) is 0 Å². The van der Waals surface area contributed by atoms with Crippen molar-refractivity contribution in [3.8, 4) is 0 Å². The van der Waals surface area contributed by atoms with Crippen molar-refractivity contribution in [3.63, 3.8) is 0 Å². The molecular weight excluding hydrogens is 235 g/mol. The number of allylic oxidation sites excluding steroid dienone is 1. The van der Waals surface area contributed by atoms with Gasteiger partial charge in [0.15, 0.2) is 5.76 Å². The first-order chi connectivity index (χ1) is 6.37. The summed E-state index contributed by atoms with van der Waals surface area (Å²) >= 11 is 0. The monoisotopic (exact) mass is 248 g/mol. The number of carbonyl (C=O) groups excluding carboxylic acids is 1. The molecule has 0 unspecified atom stereocenters. The zero-order valence-electron chi connectivity index (χ0n) is 9.63. The number of esters is 1. The van der Waals surface area contributed by atoms with Crippen molar-refractivity contribution in [1.29, 1.82) is 0 Å². The third kappa shape index (κ3) is 10.2. The number of carbonyl (C=O) groups is 1. The minimum Gasteiger partial charge on any atom is -1.00 e. The van der Waals surface area contributed by atoms with E-state index in [1.165, 1.54) is 6.92 Å². The molecule has 0 saturated carbocycles. The third-order valence-corrected chi connectivity index (χ3v) is 2.07. The molecule has 0 aromatic heterocycles. The molecule has 84 valence electrons. The van der Waals surface area contributed by atoms with Gasteiger partial charge >= 0.3 is 35.5 Å². The van der Waals surface area contributed by atoms with Crippen molar-refractivity contribution in [2.45, 2.75) is 13.3 Å². The van der Waals surface area contributed by atoms with Crippen LogP contribution in [0.2, 0.25) is 0 Å². The largest absolute Gasteiger partial charge is 1.00 e. The van der Waals surface area contributed by atoms with Crippen LogP contribution in [0.15, 0.2) is 11.8 Å². The molecule has 0 aromatic carbocycles. The van der Waals surface area contributed by atoms with Crippen molar-refractivity contribution >= 4 is 16.1 Å². The van der Waals surface area contributed by atoms with Gasteiger partial charge in [0, 0.05) is 0 Å². The number of hydrogen-bond acceptors (Lipinski definition) is 5. The molecule has 0 bridgehead atoms. The zero-order chi connectivity index (χ0) is 11.2. The maximum Gasteiger partial charge on any atom is 1.00 e. The molecule has 8 heteroatoms. The van der Waals surface area contributed by atoms with Gasteiger partial charge in [-0.2, -0.15) is 8.42 Å². The molecule has 0 heterocycles. The second-order valence-corrected chi connectivity index (χ2v) is 4.02. The predicted octanol–water partition coefficient (Wildman–Crippen LogP) is -2.61. The Morgan fingerprint density at radius 3 is 2.47 bits per heavy atom. The number of ether oxygens (including phenoxy) is 1. The van der Waals surface area contributed by atoms with Gasteiger partial charge in [0.05, 0.1) is 12.4 Å². The summed E-state index contributed by atoms with van der Waals surface area (Å²) < 4.78 is 33.2. The topological polar surface area (TPSA) is 101 Å². The Labute approximate surface area is 112 Å². The Hall–Kier alpha value is -0.0800. The molecule has 6 nitrogen and oxygen atoms in total. The minimum absolute atomic E-state index is 0. The van der Waals surface area contributed by atoms with Gasteiger partial charge in [0.25, 0.3) is 10.1 Å². The number of rotatable bonds is 5. The fourth-order valence-electron chi connectivity index (χ4n) is 0.598.